The van der Waals surface area contributed by atoms with E-state index in [-0.39, 0.29) is 6.42 Å². The minimum atomic E-state index is -1.22. The molecule has 0 aromatic carbocycles. The standard InChI is InChI=1S/C8H14O3/c1-3-5-8(11,4-2)6-7(9)10/h4,11H,2-3,5-6H2,1H3,(H,9,10). The van der Waals surface area contributed by atoms with Gasteiger partial charge in [-0.2, -0.15) is 0 Å². The minimum Gasteiger partial charge on any atom is -0.481 e. The Morgan fingerprint density at radius 1 is 1.73 bits per heavy atom. The summed E-state index contributed by atoms with van der Waals surface area (Å²) in [5.41, 5.74) is -1.22. The van der Waals surface area contributed by atoms with Gasteiger partial charge in [0.15, 0.2) is 0 Å². The lowest BCUT2D eigenvalue weighted by Gasteiger charge is -2.20. The third-order valence-electron chi connectivity index (χ3n) is 1.52. The van der Waals surface area contributed by atoms with Crippen LogP contribution in [-0.4, -0.2) is 21.8 Å². The first-order valence-electron chi connectivity index (χ1n) is 3.62. The summed E-state index contributed by atoms with van der Waals surface area (Å²) in [7, 11) is 0. The van der Waals surface area contributed by atoms with Crippen LogP contribution in [0.1, 0.15) is 26.2 Å². The molecule has 0 saturated carbocycles. The maximum absolute atomic E-state index is 10.2. The topological polar surface area (TPSA) is 57.5 Å². The highest BCUT2D eigenvalue weighted by atomic mass is 16.4. The molecule has 0 bridgehead atoms. The van der Waals surface area contributed by atoms with E-state index in [9.17, 15) is 9.90 Å². The van der Waals surface area contributed by atoms with E-state index in [4.69, 9.17) is 5.11 Å². The van der Waals surface area contributed by atoms with Crippen LogP contribution in [-0.2, 0) is 4.79 Å². The van der Waals surface area contributed by atoms with Crippen LogP contribution in [0.25, 0.3) is 0 Å². The zero-order valence-electron chi connectivity index (χ0n) is 6.71. The highest BCUT2D eigenvalue weighted by molar-refractivity contribution is 5.68. The average Bonchev–Trinajstić information content (AvgIpc) is 1.87. The fraction of sp³-hybridized carbons (Fsp3) is 0.625. The summed E-state index contributed by atoms with van der Waals surface area (Å²) in [4.78, 5) is 10.2. The molecule has 0 heterocycles. The second-order valence-electron chi connectivity index (χ2n) is 2.63. The monoisotopic (exact) mass is 158 g/mol. The van der Waals surface area contributed by atoms with Crippen molar-refractivity contribution >= 4 is 5.97 Å². The van der Waals surface area contributed by atoms with Crippen molar-refractivity contribution < 1.29 is 15.0 Å². The molecule has 0 aliphatic rings. The van der Waals surface area contributed by atoms with E-state index in [0.717, 1.165) is 6.42 Å². The molecule has 0 aliphatic carbocycles. The lowest BCUT2D eigenvalue weighted by atomic mass is 9.94. The predicted octanol–water partition coefficient (Wildman–Crippen LogP) is 1.18. The van der Waals surface area contributed by atoms with Crippen LogP contribution in [0.3, 0.4) is 0 Å². The summed E-state index contributed by atoms with van der Waals surface area (Å²) in [5.74, 6) is -0.999. The second-order valence-corrected chi connectivity index (χ2v) is 2.63. The number of aliphatic carboxylic acids is 1. The molecule has 2 N–H and O–H groups in total. The van der Waals surface area contributed by atoms with E-state index >= 15 is 0 Å². The molecule has 64 valence electrons. The van der Waals surface area contributed by atoms with Crippen molar-refractivity contribution in [3.05, 3.63) is 12.7 Å². The summed E-state index contributed by atoms with van der Waals surface area (Å²) < 4.78 is 0. The van der Waals surface area contributed by atoms with E-state index in [1.807, 2.05) is 6.92 Å². The lowest BCUT2D eigenvalue weighted by molar-refractivity contribution is -0.141. The van der Waals surface area contributed by atoms with Gasteiger partial charge in [0.2, 0.25) is 0 Å². The van der Waals surface area contributed by atoms with Gasteiger partial charge in [-0.05, 0) is 6.42 Å². The maximum Gasteiger partial charge on any atom is 0.306 e. The van der Waals surface area contributed by atoms with Gasteiger partial charge in [-0.1, -0.05) is 19.4 Å². The van der Waals surface area contributed by atoms with Crippen molar-refractivity contribution in [2.45, 2.75) is 31.8 Å². The van der Waals surface area contributed by atoms with Gasteiger partial charge in [0.1, 0.15) is 0 Å². The van der Waals surface area contributed by atoms with Crippen LogP contribution < -0.4 is 0 Å². The van der Waals surface area contributed by atoms with Crippen LogP contribution in [0.5, 0.6) is 0 Å². The zero-order valence-corrected chi connectivity index (χ0v) is 6.71. The minimum absolute atomic E-state index is 0.260. The number of carboxylic acids is 1. The fourth-order valence-corrected chi connectivity index (χ4v) is 0.957. The first-order valence-corrected chi connectivity index (χ1v) is 3.62. The number of hydrogen-bond donors (Lipinski definition) is 2. The molecule has 0 aromatic heterocycles. The molecule has 0 fully saturated rings. The number of rotatable bonds is 5. The number of carboxylic acid groups (broad SMARTS) is 1. The summed E-state index contributed by atoms with van der Waals surface area (Å²) in [6, 6.07) is 0. The van der Waals surface area contributed by atoms with Crippen molar-refractivity contribution in [2.75, 3.05) is 0 Å². The van der Waals surface area contributed by atoms with Gasteiger partial charge in [-0.15, -0.1) is 6.58 Å². The molecule has 3 heteroatoms. The van der Waals surface area contributed by atoms with Crippen molar-refractivity contribution in [2.24, 2.45) is 0 Å². The molecule has 0 radical (unpaired) electrons. The highest BCUT2D eigenvalue weighted by Gasteiger charge is 2.24. The Balaban J connectivity index is 4.09. The van der Waals surface area contributed by atoms with Gasteiger partial charge < -0.3 is 10.2 Å². The highest BCUT2D eigenvalue weighted by Crippen LogP contribution is 2.18. The molecule has 3 nitrogen and oxygen atoms in total. The number of carbonyl (C=O) groups is 1. The Hall–Kier alpha value is -0.830. The van der Waals surface area contributed by atoms with Gasteiger partial charge in [0.05, 0.1) is 12.0 Å². The van der Waals surface area contributed by atoms with E-state index in [1.165, 1.54) is 6.08 Å². The van der Waals surface area contributed by atoms with Gasteiger partial charge >= 0.3 is 5.97 Å². The van der Waals surface area contributed by atoms with Crippen LogP contribution >= 0.6 is 0 Å². The van der Waals surface area contributed by atoms with Crippen molar-refractivity contribution in [3.8, 4) is 0 Å². The molecule has 0 spiro atoms. The molecule has 0 rings (SSSR count). The van der Waals surface area contributed by atoms with Crippen LogP contribution in [0, 0.1) is 0 Å². The first kappa shape index (κ1) is 10.2. The third kappa shape index (κ3) is 3.78. The Kier molecular flexibility index (Phi) is 3.82. The molecular weight excluding hydrogens is 144 g/mol. The molecule has 1 unspecified atom stereocenters. The molecule has 1 atom stereocenters. The first-order chi connectivity index (χ1) is 5.04. The Bertz CT molecular complexity index is 153. The summed E-state index contributed by atoms with van der Waals surface area (Å²) in [5, 5.41) is 17.9. The molecule has 0 aliphatic heterocycles. The largest absolute Gasteiger partial charge is 0.481 e. The predicted molar refractivity (Wildman–Crippen MR) is 42.3 cm³/mol. The van der Waals surface area contributed by atoms with E-state index in [2.05, 4.69) is 6.58 Å². The van der Waals surface area contributed by atoms with Gasteiger partial charge in [-0.25, -0.2) is 0 Å². The van der Waals surface area contributed by atoms with Crippen molar-refractivity contribution in [3.63, 3.8) is 0 Å². The van der Waals surface area contributed by atoms with E-state index in [1.54, 1.807) is 0 Å². The Labute approximate surface area is 66.4 Å². The van der Waals surface area contributed by atoms with Gasteiger partial charge in [-0.3, -0.25) is 4.79 Å². The normalized spacial score (nSPS) is 15.5. The molecule has 0 amide bonds. The SMILES string of the molecule is C=CC(O)(CCC)CC(=O)O. The summed E-state index contributed by atoms with van der Waals surface area (Å²) in [6.07, 6.45) is 2.23. The van der Waals surface area contributed by atoms with E-state index in [0.29, 0.717) is 6.42 Å². The summed E-state index contributed by atoms with van der Waals surface area (Å²) in [6.45, 7) is 5.28. The Morgan fingerprint density at radius 2 is 2.27 bits per heavy atom. The zero-order chi connectivity index (χ0) is 8.91. The number of aliphatic hydroxyl groups is 1. The fourth-order valence-electron chi connectivity index (χ4n) is 0.957. The maximum atomic E-state index is 10.2. The van der Waals surface area contributed by atoms with Crippen LogP contribution in [0.15, 0.2) is 12.7 Å². The molecular formula is C8H14O3. The van der Waals surface area contributed by atoms with Gasteiger partial charge in [0.25, 0.3) is 0 Å². The number of hydrogen-bond acceptors (Lipinski definition) is 2. The third-order valence-corrected chi connectivity index (χ3v) is 1.52. The molecule has 0 saturated heterocycles. The van der Waals surface area contributed by atoms with Gasteiger partial charge in [0, 0.05) is 0 Å². The lowest BCUT2D eigenvalue weighted by Crippen LogP contribution is -2.28. The van der Waals surface area contributed by atoms with Crippen molar-refractivity contribution in [1.29, 1.82) is 0 Å². The smallest absolute Gasteiger partial charge is 0.306 e. The quantitative estimate of drug-likeness (QED) is 0.590. The van der Waals surface area contributed by atoms with Crippen molar-refractivity contribution in [1.82, 2.24) is 0 Å². The average molecular weight is 158 g/mol. The van der Waals surface area contributed by atoms with E-state index < -0.39 is 11.6 Å². The summed E-state index contributed by atoms with van der Waals surface area (Å²) >= 11 is 0. The van der Waals surface area contributed by atoms with Crippen LogP contribution in [0.2, 0.25) is 0 Å². The Morgan fingerprint density at radius 3 is 2.55 bits per heavy atom. The molecule has 0 aromatic rings. The van der Waals surface area contributed by atoms with Crippen LogP contribution in [0.4, 0.5) is 0 Å². The second kappa shape index (κ2) is 4.13. The molecule has 11 heavy (non-hydrogen) atoms.